The highest BCUT2D eigenvalue weighted by atomic mass is 16.5. The number of nitrogens with zero attached hydrogens (tertiary/aromatic N) is 3. The number of rotatable bonds is 12. The van der Waals surface area contributed by atoms with Gasteiger partial charge in [-0.1, -0.05) is 18.2 Å². The van der Waals surface area contributed by atoms with E-state index in [9.17, 15) is 14.4 Å². The molecule has 2 heterocycles. The van der Waals surface area contributed by atoms with Crippen molar-refractivity contribution in [2.24, 2.45) is 4.99 Å². The van der Waals surface area contributed by atoms with Crippen LogP contribution in [0.1, 0.15) is 51.3 Å². The molecule has 0 radical (unpaired) electrons. The minimum absolute atomic E-state index is 0.0153. The minimum Gasteiger partial charge on any atom is -0.493 e. The maximum atomic E-state index is 13.8. The summed E-state index contributed by atoms with van der Waals surface area (Å²) < 4.78 is 23.6. The molecule has 0 saturated carbocycles. The summed E-state index contributed by atoms with van der Waals surface area (Å²) in [6.07, 6.45) is 2.51. The first-order valence-corrected chi connectivity index (χ1v) is 15.8. The van der Waals surface area contributed by atoms with E-state index < -0.39 is 0 Å². The summed E-state index contributed by atoms with van der Waals surface area (Å²) in [4.78, 5) is 46.1. The number of likely N-dealkylation sites (N-methyl/N-ethyl adjacent to an activating group) is 1. The second kappa shape index (κ2) is 13.7. The number of ketones is 2. The molecule has 0 bridgehead atoms. The predicted molar refractivity (Wildman–Crippen MR) is 188 cm³/mol. The van der Waals surface area contributed by atoms with Gasteiger partial charge in [0, 0.05) is 54.4 Å². The molecule has 6 rings (SSSR count). The maximum Gasteiger partial charge on any atom is 0.261 e. The van der Waals surface area contributed by atoms with Crippen LogP contribution in [0.5, 0.6) is 23.0 Å². The zero-order valence-corrected chi connectivity index (χ0v) is 28.1. The standard InChI is InChI=1S/C38H38N4O7/c1-22(43)19-41(3)27-11-24(20-48-36-16-31(39)29(23(2)44)14-34(36)46-4)10-25(12-27)21-49-37-17-32-30(15-35(37)47-5)38(45)42-28(18-40-32)13-26-8-6-7-9-33(26)42/h6-12,14-18,28H,13,19-21,39H2,1-5H3/t28-/m0/s1. The number of Topliss-reactive ketones (excluding diaryl/α,β-unsaturated/α-hetero) is 2. The molecule has 252 valence electrons. The number of ether oxygens (including phenoxy) is 4. The molecular weight excluding hydrogens is 624 g/mol. The highest BCUT2D eigenvalue weighted by Gasteiger charge is 2.36. The molecule has 4 aromatic carbocycles. The molecule has 0 unspecified atom stereocenters. The number of para-hydroxylation sites is 1. The van der Waals surface area contributed by atoms with E-state index in [1.165, 1.54) is 28.1 Å². The van der Waals surface area contributed by atoms with E-state index in [4.69, 9.17) is 29.7 Å². The topological polar surface area (TPSA) is 133 Å². The lowest BCUT2D eigenvalue weighted by atomic mass is 10.1. The Hall–Kier alpha value is -5.84. The van der Waals surface area contributed by atoms with Crippen molar-refractivity contribution in [1.82, 2.24) is 0 Å². The van der Waals surface area contributed by atoms with Crippen molar-refractivity contribution in [3.63, 3.8) is 0 Å². The van der Waals surface area contributed by atoms with Crippen molar-refractivity contribution in [2.45, 2.75) is 39.5 Å². The fourth-order valence-electron chi connectivity index (χ4n) is 6.22. The molecule has 4 aromatic rings. The average Bonchev–Trinajstić information content (AvgIpc) is 3.40. The molecule has 11 nitrogen and oxygen atoms in total. The summed E-state index contributed by atoms with van der Waals surface area (Å²) in [5.41, 5.74) is 12.1. The number of nitrogen functional groups attached to an aromatic ring is 1. The van der Waals surface area contributed by atoms with Crippen LogP contribution in [0.15, 0.2) is 71.7 Å². The van der Waals surface area contributed by atoms with E-state index in [1.54, 1.807) is 29.2 Å². The Morgan fingerprint density at radius 3 is 2.20 bits per heavy atom. The Bertz CT molecular complexity index is 1990. The summed E-state index contributed by atoms with van der Waals surface area (Å²) in [6, 6.07) is 20.1. The summed E-state index contributed by atoms with van der Waals surface area (Å²) in [5.74, 6) is 1.30. The van der Waals surface area contributed by atoms with Gasteiger partial charge in [0.25, 0.3) is 5.91 Å². The second-order valence-electron chi connectivity index (χ2n) is 12.2. The number of methoxy groups -OCH3 is 2. The molecule has 11 heteroatoms. The van der Waals surface area contributed by atoms with Gasteiger partial charge in [-0.05, 0) is 66.9 Å². The van der Waals surface area contributed by atoms with Crippen LogP contribution in [0.4, 0.5) is 22.7 Å². The molecule has 1 amide bonds. The van der Waals surface area contributed by atoms with Crippen LogP contribution in [-0.2, 0) is 24.4 Å². The number of anilines is 3. The number of hydrogen-bond acceptors (Lipinski definition) is 10. The van der Waals surface area contributed by atoms with Gasteiger partial charge in [-0.25, -0.2) is 0 Å². The number of fused-ring (bicyclic) bond motifs is 4. The van der Waals surface area contributed by atoms with Gasteiger partial charge in [0.15, 0.2) is 28.8 Å². The Morgan fingerprint density at radius 2 is 1.55 bits per heavy atom. The lowest BCUT2D eigenvalue weighted by molar-refractivity contribution is -0.115. The Morgan fingerprint density at radius 1 is 0.898 bits per heavy atom. The van der Waals surface area contributed by atoms with Crippen LogP contribution in [-0.4, -0.2) is 57.5 Å². The first kappa shape index (κ1) is 33.1. The summed E-state index contributed by atoms with van der Waals surface area (Å²) in [7, 11) is 4.86. The second-order valence-corrected chi connectivity index (χ2v) is 12.2. The average molecular weight is 663 g/mol. The van der Waals surface area contributed by atoms with E-state index in [2.05, 4.69) is 0 Å². The lowest BCUT2D eigenvalue weighted by Crippen LogP contribution is -2.37. The SMILES string of the molecule is COc1cc(C(C)=O)c(N)cc1OCc1cc(COc2cc3c(cc2OC)C(=O)N2c4ccccc4C[C@H]2C=N3)cc(N(C)CC(C)=O)c1. The molecule has 0 aliphatic carbocycles. The summed E-state index contributed by atoms with van der Waals surface area (Å²) in [6.45, 7) is 3.48. The van der Waals surface area contributed by atoms with Crippen LogP contribution in [0.2, 0.25) is 0 Å². The van der Waals surface area contributed by atoms with Crippen molar-refractivity contribution in [1.29, 1.82) is 0 Å². The van der Waals surface area contributed by atoms with Gasteiger partial charge in [-0.15, -0.1) is 0 Å². The fourth-order valence-corrected chi connectivity index (χ4v) is 6.22. The first-order valence-electron chi connectivity index (χ1n) is 15.8. The number of nitrogens with two attached hydrogens (primary N) is 1. The van der Waals surface area contributed by atoms with Gasteiger partial charge >= 0.3 is 0 Å². The third kappa shape index (κ3) is 6.78. The van der Waals surface area contributed by atoms with E-state index in [0.29, 0.717) is 51.9 Å². The van der Waals surface area contributed by atoms with Gasteiger partial charge in [0.2, 0.25) is 0 Å². The molecular formula is C38H38N4O7. The smallest absolute Gasteiger partial charge is 0.261 e. The van der Waals surface area contributed by atoms with Gasteiger partial charge in [-0.2, -0.15) is 0 Å². The number of aliphatic imine (C=N–C) groups is 1. The molecule has 49 heavy (non-hydrogen) atoms. The van der Waals surface area contributed by atoms with Gasteiger partial charge < -0.3 is 29.6 Å². The van der Waals surface area contributed by atoms with Crippen molar-refractivity contribution >= 4 is 46.4 Å². The van der Waals surface area contributed by atoms with Crippen molar-refractivity contribution in [3.8, 4) is 23.0 Å². The molecule has 0 saturated heterocycles. The quantitative estimate of drug-likeness (QED) is 0.144. The van der Waals surface area contributed by atoms with Crippen LogP contribution in [0.3, 0.4) is 0 Å². The molecule has 2 N–H and O–H groups in total. The molecule has 0 spiro atoms. The van der Waals surface area contributed by atoms with Gasteiger partial charge in [0.1, 0.15) is 19.0 Å². The Labute approximate surface area is 284 Å². The maximum absolute atomic E-state index is 13.8. The minimum atomic E-state index is -0.177. The van der Waals surface area contributed by atoms with E-state index in [0.717, 1.165) is 28.1 Å². The Balaban J connectivity index is 1.27. The molecule has 0 fully saturated rings. The summed E-state index contributed by atoms with van der Waals surface area (Å²) in [5, 5.41) is 0. The first-order chi connectivity index (χ1) is 23.6. The number of hydrogen-bond donors (Lipinski definition) is 1. The van der Waals surface area contributed by atoms with E-state index in [1.807, 2.05) is 60.6 Å². The van der Waals surface area contributed by atoms with Crippen LogP contribution >= 0.6 is 0 Å². The third-order valence-electron chi connectivity index (χ3n) is 8.57. The molecule has 2 aliphatic heterocycles. The van der Waals surface area contributed by atoms with E-state index in [-0.39, 0.29) is 43.3 Å². The number of benzene rings is 4. The fraction of sp³-hybridized carbons (Fsp3) is 0.263. The van der Waals surface area contributed by atoms with Crippen LogP contribution in [0.25, 0.3) is 0 Å². The Kier molecular flexibility index (Phi) is 9.26. The zero-order chi connectivity index (χ0) is 34.8. The monoisotopic (exact) mass is 662 g/mol. The third-order valence-corrected chi connectivity index (χ3v) is 8.57. The van der Waals surface area contributed by atoms with Crippen molar-refractivity contribution < 1.29 is 33.3 Å². The summed E-state index contributed by atoms with van der Waals surface area (Å²) >= 11 is 0. The number of amides is 1. The zero-order valence-electron chi connectivity index (χ0n) is 28.1. The largest absolute Gasteiger partial charge is 0.493 e. The highest BCUT2D eigenvalue weighted by molar-refractivity contribution is 6.14. The van der Waals surface area contributed by atoms with Crippen molar-refractivity contribution in [3.05, 3.63) is 94.5 Å². The van der Waals surface area contributed by atoms with Gasteiger partial charge in [-0.3, -0.25) is 24.3 Å². The van der Waals surface area contributed by atoms with Crippen molar-refractivity contribution in [2.75, 3.05) is 43.3 Å². The van der Waals surface area contributed by atoms with E-state index >= 15 is 0 Å². The van der Waals surface area contributed by atoms with Crippen LogP contribution < -0.4 is 34.5 Å². The van der Waals surface area contributed by atoms with Gasteiger partial charge in [0.05, 0.1) is 38.1 Å². The normalized spacial score (nSPS) is 14.3. The van der Waals surface area contributed by atoms with Crippen LogP contribution in [0, 0.1) is 0 Å². The molecule has 2 aliphatic rings. The number of carbonyl (C=O) groups excluding carboxylic acids is 3. The number of carbonyl (C=O) groups is 3. The molecule has 1 atom stereocenters. The predicted octanol–water partition coefficient (Wildman–Crippen LogP) is 5.96. The molecule has 0 aromatic heterocycles. The lowest BCUT2D eigenvalue weighted by Gasteiger charge is -2.22. The highest BCUT2D eigenvalue weighted by Crippen LogP contribution is 2.41.